The maximum Gasteiger partial charge on any atom is 0.318 e. The van der Waals surface area contributed by atoms with Crippen molar-refractivity contribution in [2.45, 2.75) is 24.9 Å². The highest BCUT2D eigenvalue weighted by Crippen LogP contribution is 2.37. The van der Waals surface area contributed by atoms with E-state index in [0.717, 1.165) is 31.5 Å². The Balaban J connectivity index is 1.61. The molecule has 2 aliphatic heterocycles. The summed E-state index contributed by atoms with van der Waals surface area (Å²) in [4.78, 5) is 17.1. The predicted molar refractivity (Wildman–Crippen MR) is 116 cm³/mol. The van der Waals surface area contributed by atoms with E-state index < -0.39 is 6.04 Å². The molecular weight excluding hydrogens is 405 g/mol. The number of halogens is 2. The van der Waals surface area contributed by atoms with Gasteiger partial charge in [-0.25, -0.2) is 9.18 Å². The molecule has 2 aromatic carbocycles. The molecule has 30 heavy (non-hydrogen) atoms. The Labute approximate surface area is 180 Å². The number of hydrogen-bond donors (Lipinski definition) is 2. The molecule has 2 heterocycles. The first kappa shape index (κ1) is 20.7. The van der Waals surface area contributed by atoms with Crippen LogP contribution in [0, 0.1) is 5.82 Å². The monoisotopic (exact) mass is 429 g/mol. The van der Waals surface area contributed by atoms with Gasteiger partial charge >= 0.3 is 6.03 Å². The van der Waals surface area contributed by atoms with Crippen LogP contribution in [0.3, 0.4) is 0 Å². The van der Waals surface area contributed by atoms with Gasteiger partial charge in [-0.15, -0.1) is 0 Å². The van der Waals surface area contributed by atoms with Crippen molar-refractivity contribution in [1.29, 1.82) is 0 Å². The molecule has 0 aromatic heterocycles. The minimum absolute atomic E-state index is 0.116. The van der Waals surface area contributed by atoms with Crippen LogP contribution in [0.5, 0.6) is 5.75 Å². The maximum absolute atomic E-state index is 14.5. The molecule has 0 radical (unpaired) electrons. The molecule has 1 atom stereocenters. The molecule has 1 fully saturated rings. The fourth-order valence-electron chi connectivity index (χ4n) is 4.13. The minimum Gasteiger partial charge on any atom is -0.508 e. The summed E-state index contributed by atoms with van der Waals surface area (Å²) in [7, 11) is 2.08. The Kier molecular flexibility index (Phi) is 5.97. The van der Waals surface area contributed by atoms with Gasteiger partial charge in [0.15, 0.2) is 0 Å². The highest BCUT2D eigenvalue weighted by Gasteiger charge is 2.33. The van der Waals surface area contributed by atoms with Crippen molar-refractivity contribution in [3.63, 3.8) is 0 Å². The molecule has 2 amide bonds. The lowest BCUT2D eigenvalue weighted by molar-refractivity contribution is 0.180. The van der Waals surface area contributed by atoms with E-state index in [2.05, 4.69) is 17.3 Å². The zero-order valence-electron chi connectivity index (χ0n) is 16.8. The van der Waals surface area contributed by atoms with Crippen molar-refractivity contribution in [3.8, 4) is 5.75 Å². The number of likely N-dealkylation sites (tertiary alicyclic amines) is 1. The van der Waals surface area contributed by atoms with Crippen LogP contribution in [-0.4, -0.2) is 53.7 Å². The summed E-state index contributed by atoms with van der Waals surface area (Å²) in [5.41, 5.74) is 1.86. The first-order valence-electron chi connectivity index (χ1n) is 10.1. The number of phenolic OH excluding ortho intramolecular Hbond substituents is 1. The molecule has 1 saturated heterocycles. The minimum atomic E-state index is -0.406. The summed E-state index contributed by atoms with van der Waals surface area (Å²) in [6.07, 6.45) is 3.67. The van der Waals surface area contributed by atoms with E-state index in [1.54, 1.807) is 29.2 Å². The second-order valence-corrected chi connectivity index (χ2v) is 8.45. The third-order valence-electron chi connectivity index (χ3n) is 5.83. The number of hydrogen-bond acceptors (Lipinski definition) is 3. The van der Waals surface area contributed by atoms with Crippen LogP contribution in [-0.2, 0) is 0 Å². The van der Waals surface area contributed by atoms with E-state index >= 15 is 0 Å². The first-order valence-corrected chi connectivity index (χ1v) is 10.5. The molecule has 158 valence electrons. The molecule has 2 N–H and O–H groups in total. The molecule has 1 unspecified atom stereocenters. The van der Waals surface area contributed by atoms with E-state index in [-0.39, 0.29) is 30.2 Å². The Morgan fingerprint density at radius 2 is 1.97 bits per heavy atom. The first-order chi connectivity index (χ1) is 14.4. The van der Waals surface area contributed by atoms with Gasteiger partial charge in [-0.1, -0.05) is 29.8 Å². The normalized spacial score (nSPS) is 20.3. The Bertz CT molecular complexity index is 973. The third kappa shape index (κ3) is 4.45. The zero-order valence-corrected chi connectivity index (χ0v) is 17.6. The number of aromatic hydroxyl groups is 1. The Hall–Kier alpha value is -2.57. The standard InChI is InChI=1S/C23H25ClFN3O2/c1-27-9-7-18(8-10-27)26-23(30)28-14-16(20-13-17(24)5-6-21(20)25)12-22(28)15-3-2-4-19(29)11-15/h2-6,11-13,18,22,29H,7-10,14H2,1H3,(H,26,30). The molecule has 2 aliphatic rings. The fraction of sp³-hybridized carbons (Fsp3) is 0.348. The van der Waals surface area contributed by atoms with Gasteiger partial charge in [-0.2, -0.15) is 0 Å². The van der Waals surface area contributed by atoms with E-state index in [1.165, 1.54) is 12.1 Å². The molecule has 0 aliphatic carbocycles. The van der Waals surface area contributed by atoms with Gasteiger partial charge in [-0.3, -0.25) is 0 Å². The van der Waals surface area contributed by atoms with E-state index in [1.807, 2.05) is 12.1 Å². The fourth-order valence-corrected chi connectivity index (χ4v) is 4.30. The molecule has 2 aromatic rings. The lowest BCUT2D eigenvalue weighted by Crippen LogP contribution is -2.48. The van der Waals surface area contributed by atoms with Gasteiger partial charge in [-0.05, 0) is 74.4 Å². The summed E-state index contributed by atoms with van der Waals surface area (Å²) in [6.45, 7) is 2.15. The highest BCUT2D eigenvalue weighted by molar-refractivity contribution is 6.30. The molecule has 4 rings (SSSR count). The number of urea groups is 1. The van der Waals surface area contributed by atoms with Crippen molar-refractivity contribution >= 4 is 23.2 Å². The summed E-state index contributed by atoms with van der Waals surface area (Å²) >= 11 is 6.09. The molecule has 7 heteroatoms. The number of nitrogens with one attached hydrogen (secondary N) is 1. The number of carbonyl (C=O) groups is 1. The number of benzene rings is 2. The summed E-state index contributed by atoms with van der Waals surface area (Å²) in [5.74, 6) is -0.253. The Morgan fingerprint density at radius 1 is 1.20 bits per heavy atom. The summed E-state index contributed by atoms with van der Waals surface area (Å²) in [6, 6.07) is 10.8. The van der Waals surface area contributed by atoms with Crippen molar-refractivity contribution in [2.75, 3.05) is 26.7 Å². The van der Waals surface area contributed by atoms with Gasteiger partial charge in [0, 0.05) is 23.2 Å². The van der Waals surface area contributed by atoms with Gasteiger partial charge in [0.1, 0.15) is 11.6 Å². The van der Waals surface area contributed by atoms with Crippen LogP contribution in [0.4, 0.5) is 9.18 Å². The number of piperidine rings is 1. The molecular formula is C23H25ClFN3O2. The van der Waals surface area contributed by atoms with Crippen molar-refractivity contribution in [3.05, 3.63) is 70.5 Å². The second-order valence-electron chi connectivity index (χ2n) is 8.01. The maximum atomic E-state index is 14.5. The van der Waals surface area contributed by atoms with Crippen LogP contribution >= 0.6 is 11.6 Å². The number of amides is 2. The summed E-state index contributed by atoms with van der Waals surface area (Å²) in [5, 5.41) is 13.5. The van der Waals surface area contributed by atoms with E-state index in [0.29, 0.717) is 16.2 Å². The quantitative estimate of drug-likeness (QED) is 0.759. The van der Waals surface area contributed by atoms with Crippen LogP contribution in [0.15, 0.2) is 48.5 Å². The molecule has 0 spiro atoms. The number of nitrogens with zero attached hydrogens (tertiary/aromatic N) is 2. The van der Waals surface area contributed by atoms with Gasteiger partial charge in [0.05, 0.1) is 6.04 Å². The largest absolute Gasteiger partial charge is 0.508 e. The van der Waals surface area contributed by atoms with Crippen LogP contribution < -0.4 is 5.32 Å². The zero-order chi connectivity index (χ0) is 21.3. The molecule has 0 bridgehead atoms. The number of phenols is 1. The van der Waals surface area contributed by atoms with Crippen molar-refractivity contribution < 1.29 is 14.3 Å². The van der Waals surface area contributed by atoms with Crippen molar-refractivity contribution in [2.24, 2.45) is 0 Å². The smallest absolute Gasteiger partial charge is 0.318 e. The van der Waals surface area contributed by atoms with E-state index in [9.17, 15) is 14.3 Å². The van der Waals surface area contributed by atoms with Crippen LogP contribution in [0.25, 0.3) is 5.57 Å². The highest BCUT2D eigenvalue weighted by atomic mass is 35.5. The summed E-state index contributed by atoms with van der Waals surface area (Å²) < 4.78 is 14.5. The van der Waals surface area contributed by atoms with Crippen LogP contribution in [0.1, 0.15) is 30.0 Å². The lowest BCUT2D eigenvalue weighted by atomic mass is 10.0. The van der Waals surface area contributed by atoms with Crippen LogP contribution in [0.2, 0.25) is 5.02 Å². The predicted octanol–water partition coefficient (Wildman–Crippen LogP) is 4.43. The number of carbonyl (C=O) groups excluding carboxylic acids is 1. The van der Waals surface area contributed by atoms with E-state index in [4.69, 9.17) is 11.6 Å². The third-order valence-corrected chi connectivity index (χ3v) is 6.06. The molecule has 0 saturated carbocycles. The van der Waals surface area contributed by atoms with Gasteiger partial charge in [0.2, 0.25) is 0 Å². The SMILES string of the molecule is CN1CCC(NC(=O)N2CC(c3cc(Cl)ccc3F)=CC2c2cccc(O)c2)CC1. The van der Waals surface area contributed by atoms with Gasteiger partial charge < -0.3 is 20.2 Å². The number of rotatable bonds is 3. The topological polar surface area (TPSA) is 55.8 Å². The average Bonchev–Trinajstić information content (AvgIpc) is 3.17. The average molecular weight is 430 g/mol. The molecule has 5 nitrogen and oxygen atoms in total. The second kappa shape index (κ2) is 8.66. The Morgan fingerprint density at radius 3 is 2.70 bits per heavy atom. The van der Waals surface area contributed by atoms with Gasteiger partial charge in [0.25, 0.3) is 0 Å². The van der Waals surface area contributed by atoms with Crippen molar-refractivity contribution in [1.82, 2.24) is 15.1 Å². The lowest BCUT2D eigenvalue weighted by Gasteiger charge is -2.32.